The average molecular weight is 306 g/mol. The number of nitrogens with zero attached hydrogens (tertiary/aromatic N) is 3. The second-order valence-electron chi connectivity index (χ2n) is 5.92. The van der Waals surface area contributed by atoms with Gasteiger partial charge in [0.2, 0.25) is 0 Å². The molecule has 0 aromatic carbocycles. The van der Waals surface area contributed by atoms with Gasteiger partial charge in [0.15, 0.2) is 10.6 Å². The molecule has 21 heavy (non-hydrogen) atoms. The van der Waals surface area contributed by atoms with Gasteiger partial charge >= 0.3 is 0 Å². The summed E-state index contributed by atoms with van der Waals surface area (Å²) in [5.41, 5.74) is 0.566. The SMILES string of the molecule is CC(C)CCn1cccc(-c2n[nH]c(=S)n2C(C)C)c1=O. The summed E-state index contributed by atoms with van der Waals surface area (Å²) in [5.74, 6) is 1.17. The molecule has 0 amide bonds. The van der Waals surface area contributed by atoms with Crippen molar-refractivity contribution in [3.05, 3.63) is 33.5 Å². The fourth-order valence-corrected chi connectivity index (χ4v) is 2.60. The van der Waals surface area contributed by atoms with Gasteiger partial charge in [0, 0.05) is 18.8 Å². The minimum atomic E-state index is -0.0194. The minimum Gasteiger partial charge on any atom is -0.315 e. The predicted octanol–water partition coefficient (Wildman–Crippen LogP) is 3.40. The van der Waals surface area contributed by atoms with Gasteiger partial charge in [0.05, 0.1) is 5.56 Å². The molecule has 0 bridgehead atoms. The maximum Gasteiger partial charge on any atom is 0.261 e. The van der Waals surface area contributed by atoms with Gasteiger partial charge in [0.25, 0.3) is 5.56 Å². The second kappa shape index (κ2) is 6.39. The zero-order valence-corrected chi connectivity index (χ0v) is 13.8. The number of H-pyrrole nitrogens is 1. The van der Waals surface area contributed by atoms with Crippen molar-refractivity contribution in [2.45, 2.75) is 46.7 Å². The molecule has 0 saturated carbocycles. The molecule has 1 N–H and O–H groups in total. The van der Waals surface area contributed by atoms with Crippen molar-refractivity contribution in [1.29, 1.82) is 0 Å². The number of aromatic nitrogens is 4. The summed E-state index contributed by atoms with van der Waals surface area (Å²) in [4.78, 5) is 12.6. The monoisotopic (exact) mass is 306 g/mol. The number of aryl methyl sites for hydroxylation is 1. The van der Waals surface area contributed by atoms with E-state index in [4.69, 9.17) is 12.2 Å². The van der Waals surface area contributed by atoms with E-state index in [1.807, 2.05) is 30.7 Å². The Labute approximate surface area is 129 Å². The Hall–Kier alpha value is -1.69. The van der Waals surface area contributed by atoms with Crippen molar-refractivity contribution in [3.63, 3.8) is 0 Å². The predicted molar refractivity (Wildman–Crippen MR) is 86.9 cm³/mol. The third kappa shape index (κ3) is 3.32. The van der Waals surface area contributed by atoms with Gasteiger partial charge in [-0.15, -0.1) is 0 Å². The molecule has 5 nitrogen and oxygen atoms in total. The summed E-state index contributed by atoms with van der Waals surface area (Å²) < 4.78 is 4.16. The van der Waals surface area contributed by atoms with Gasteiger partial charge in [-0.2, -0.15) is 5.10 Å². The molecule has 2 aromatic rings. The first kappa shape index (κ1) is 15.7. The van der Waals surface area contributed by atoms with E-state index < -0.39 is 0 Å². The lowest BCUT2D eigenvalue weighted by Gasteiger charge is -2.12. The summed E-state index contributed by atoms with van der Waals surface area (Å²) >= 11 is 5.25. The Morgan fingerprint density at radius 1 is 1.33 bits per heavy atom. The van der Waals surface area contributed by atoms with E-state index in [9.17, 15) is 4.79 Å². The van der Waals surface area contributed by atoms with Crippen LogP contribution in [0.2, 0.25) is 0 Å². The number of hydrogen-bond acceptors (Lipinski definition) is 3. The molecule has 2 rings (SSSR count). The molecule has 6 heteroatoms. The van der Waals surface area contributed by atoms with Gasteiger partial charge in [0.1, 0.15) is 0 Å². The molecule has 0 unspecified atom stereocenters. The van der Waals surface area contributed by atoms with Gasteiger partial charge in [-0.3, -0.25) is 14.5 Å². The molecule has 0 aliphatic carbocycles. The average Bonchev–Trinajstić information content (AvgIpc) is 2.79. The Balaban J connectivity index is 2.49. The zero-order chi connectivity index (χ0) is 15.6. The Bertz CT molecular complexity index is 724. The third-order valence-corrected chi connectivity index (χ3v) is 3.72. The van der Waals surface area contributed by atoms with Crippen molar-refractivity contribution >= 4 is 12.2 Å². The lowest BCUT2D eigenvalue weighted by molar-refractivity contribution is 0.508. The molecular formula is C15H22N4OS. The van der Waals surface area contributed by atoms with Crippen LogP contribution in [-0.4, -0.2) is 19.3 Å². The standard InChI is InChI=1S/C15H22N4OS/c1-10(2)7-9-18-8-5-6-12(14(18)20)13-16-17-15(21)19(13)11(3)4/h5-6,8,10-11H,7,9H2,1-4H3,(H,17,21). The first-order valence-corrected chi connectivity index (χ1v) is 7.69. The van der Waals surface area contributed by atoms with Crippen LogP contribution in [0.5, 0.6) is 0 Å². The van der Waals surface area contributed by atoms with Crippen LogP contribution in [0, 0.1) is 10.7 Å². The van der Waals surface area contributed by atoms with Crippen LogP contribution in [0.25, 0.3) is 11.4 Å². The van der Waals surface area contributed by atoms with Crippen molar-refractivity contribution in [3.8, 4) is 11.4 Å². The molecular weight excluding hydrogens is 284 g/mol. The number of nitrogens with one attached hydrogen (secondary N) is 1. The fraction of sp³-hybridized carbons (Fsp3) is 0.533. The quantitative estimate of drug-likeness (QED) is 0.861. The molecule has 0 aliphatic rings. The van der Waals surface area contributed by atoms with Crippen LogP contribution in [0.1, 0.15) is 40.2 Å². The van der Waals surface area contributed by atoms with Gasteiger partial charge in [-0.05, 0) is 50.5 Å². The Morgan fingerprint density at radius 3 is 2.67 bits per heavy atom. The molecule has 0 fully saturated rings. The highest BCUT2D eigenvalue weighted by atomic mass is 32.1. The van der Waals surface area contributed by atoms with E-state index in [0.29, 0.717) is 22.1 Å². The zero-order valence-electron chi connectivity index (χ0n) is 13.0. The molecule has 2 heterocycles. The minimum absolute atomic E-state index is 0.0194. The third-order valence-electron chi connectivity index (χ3n) is 3.43. The Kier molecular flexibility index (Phi) is 4.77. The summed E-state index contributed by atoms with van der Waals surface area (Å²) in [6.07, 6.45) is 2.80. The highest BCUT2D eigenvalue weighted by Crippen LogP contribution is 2.17. The smallest absolute Gasteiger partial charge is 0.261 e. The topological polar surface area (TPSA) is 55.6 Å². The summed E-state index contributed by atoms with van der Waals surface area (Å²) in [7, 11) is 0. The van der Waals surface area contributed by atoms with Crippen molar-refractivity contribution in [2.24, 2.45) is 5.92 Å². The maximum absolute atomic E-state index is 12.6. The fourth-order valence-electron chi connectivity index (χ4n) is 2.25. The van der Waals surface area contributed by atoms with E-state index in [-0.39, 0.29) is 11.6 Å². The molecule has 0 radical (unpaired) electrons. The Morgan fingerprint density at radius 2 is 2.05 bits per heavy atom. The van der Waals surface area contributed by atoms with Crippen LogP contribution < -0.4 is 5.56 Å². The van der Waals surface area contributed by atoms with Crippen molar-refractivity contribution < 1.29 is 0 Å². The summed E-state index contributed by atoms with van der Waals surface area (Å²) in [6.45, 7) is 9.07. The molecule has 114 valence electrons. The van der Waals surface area contributed by atoms with E-state index in [1.165, 1.54) is 0 Å². The molecule has 0 spiro atoms. The van der Waals surface area contributed by atoms with Crippen LogP contribution >= 0.6 is 12.2 Å². The first-order valence-electron chi connectivity index (χ1n) is 7.28. The normalized spacial score (nSPS) is 11.5. The highest BCUT2D eigenvalue weighted by Gasteiger charge is 2.15. The number of pyridine rings is 1. The van der Waals surface area contributed by atoms with Crippen LogP contribution in [0.4, 0.5) is 0 Å². The number of rotatable bonds is 5. The largest absolute Gasteiger partial charge is 0.315 e. The van der Waals surface area contributed by atoms with Crippen LogP contribution in [0.3, 0.4) is 0 Å². The van der Waals surface area contributed by atoms with E-state index in [0.717, 1.165) is 13.0 Å². The first-order chi connectivity index (χ1) is 9.91. The summed E-state index contributed by atoms with van der Waals surface area (Å²) in [5, 5.41) is 7.02. The maximum atomic E-state index is 12.6. The van der Waals surface area contributed by atoms with Crippen molar-refractivity contribution in [2.75, 3.05) is 0 Å². The van der Waals surface area contributed by atoms with Crippen LogP contribution in [0.15, 0.2) is 23.1 Å². The van der Waals surface area contributed by atoms with Crippen LogP contribution in [-0.2, 0) is 6.54 Å². The lowest BCUT2D eigenvalue weighted by Crippen LogP contribution is -2.23. The number of hydrogen-bond donors (Lipinski definition) is 1. The van der Waals surface area contributed by atoms with Gasteiger partial charge in [-0.1, -0.05) is 13.8 Å². The highest BCUT2D eigenvalue weighted by molar-refractivity contribution is 7.71. The van der Waals surface area contributed by atoms with E-state index in [1.54, 1.807) is 10.6 Å². The van der Waals surface area contributed by atoms with E-state index in [2.05, 4.69) is 24.0 Å². The van der Waals surface area contributed by atoms with Gasteiger partial charge in [-0.25, -0.2) is 0 Å². The molecule has 0 aliphatic heterocycles. The number of aromatic amines is 1. The van der Waals surface area contributed by atoms with E-state index >= 15 is 0 Å². The molecule has 2 aromatic heterocycles. The van der Waals surface area contributed by atoms with Gasteiger partial charge < -0.3 is 4.57 Å². The molecule has 0 atom stereocenters. The second-order valence-corrected chi connectivity index (χ2v) is 6.31. The molecule has 0 saturated heterocycles. The lowest BCUT2D eigenvalue weighted by atomic mass is 10.1. The summed E-state index contributed by atoms with van der Waals surface area (Å²) in [6, 6.07) is 3.84. The van der Waals surface area contributed by atoms with Crippen molar-refractivity contribution in [1.82, 2.24) is 19.3 Å².